The van der Waals surface area contributed by atoms with Gasteiger partial charge in [0.15, 0.2) is 0 Å². The van der Waals surface area contributed by atoms with E-state index in [0.29, 0.717) is 5.56 Å². The maximum Gasteiger partial charge on any atom is 0.251 e. The monoisotopic (exact) mass is 232 g/mol. The van der Waals surface area contributed by atoms with Crippen molar-refractivity contribution < 1.29 is 4.79 Å². The highest BCUT2D eigenvalue weighted by molar-refractivity contribution is 5.94. The summed E-state index contributed by atoms with van der Waals surface area (Å²) in [5, 5.41) is 6.06. The Kier molecular flexibility index (Phi) is 4.02. The highest BCUT2D eigenvalue weighted by atomic mass is 16.1. The van der Waals surface area contributed by atoms with Gasteiger partial charge in [0.1, 0.15) is 0 Å². The molecular formula is C14H20N2O. The number of hydrogen-bond donors (Lipinski definition) is 2. The Morgan fingerprint density at radius 3 is 2.47 bits per heavy atom. The average Bonchev–Trinajstić information content (AvgIpc) is 2.89. The fraction of sp³-hybridized carbons (Fsp3) is 0.500. The van der Waals surface area contributed by atoms with E-state index in [9.17, 15) is 4.79 Å². The van der Waals surface area contributed by atoms with Gasteiger partial charge in [-0.1, -0.05) is 12.8 Å². The quantitative estimate of drug-likeness (QED) is 0.838. The summed E-state index contributed by atoms with van der Waals surface area (Å²) in [5.74, 6) is 0.793. The Morgan fingerprint density at radius 1 is 1.24 bits per heavy atom. The zero-order valence-electron chi connectivity index (χ0n) is 10.3. The van der Waals surface area contributed by atoms with Crippen molar-refractivity contribution in [1.29, 1.82) is 0 Å². The third-order valence-corrected chi connectivity index (χ3v) is 3.44. The first-order chi connectivity index (χ1) is 8.29. The molecule has 1 aliphatic rings. The molecule has 0 bridgehead atoms. The normalized spacial score (nSPS) is 15.8. The van der Waals surface area contributed by atoms with Gasteiger partial charge >= 0.3 is 0 Å². The van der Waals surface area contributed by atoms with Gasteiger partial charge in [-0.25, -0.2) is 0 Å². The SMILES string of the molecule is CNC(=O)c1ccc(NCC2CCCC2)cc1. The van der Waals surface area contributed by atoms with Gasteiger partial charge in [0, 0.05) is 24.8 Å². The van der Waals surface area contributed by atoms with Crippen LogP contribution < -0.4 is 10.6 Å². The molecule has 1 aromatic rings. The smallest absolute Gasteiger partial charge is 0.251 e. The molecule has 0 saturated heterocycles. The second kappa shape index (κ2) is 5.71. The molecule has 1 amide bonds. The van der Waals surface area contributed by atoms with Crippen LogP contribution in [0.4, 0.5) is 5.69 Å². The van der Waals surface area contributed by atoms with Gasteiger partial charge in [0.05, 0.1) is 0 Å². The summed E-state index contributed by atoms with van der Waals surface area (Å²) in [6, 6.07) is 7.66. The number of benzene rings is 1. The van der Waals surface area contributed by atoms with Crippen molar-refractivity contribution in [1.82, 2.24) is 5.32 Å². The molecule has 3 nitrogen and oxygen atoms in total. The fourth-order valence-corrected chi connectivity index (χ4v) is 2.36. The second-order valence-corrected chi connectivity index (χ2v) is 4.69. The third kappa shape index (κ3) is 3.22. The number of carbonyl (C=O) groups excluding carboxylic acids is 1. The Morgan fingerprint density at radius 2 is 1.88 bits per heavy atom. The van der Waals surface area contributed by atoms with E-state index in [1.165, 1.54) is 25.7 Å². The summed E-state index contributed by atoms with van der Waals surface area (Å²) in [4.78, 5) is 11.4. The number of hydrogen-bond acceptors (Lipinski definition) is 2. The van der Waals surface area contributed by atoms with Crippen molar-refractivity contribution in [2.24, 2.45) is 5.92 Å². The molecule has 0 aliphatic heterocycles. The van der Waals surface area contributed by atoms with E-state index in [-0.39, 0.29) is 5.91 Å². The molecule has 0 heterocycles. The van der Waals surface area contributed by atoms with E-state index >= 15 is 0 Å². The fourth-order valence-electron chi connectivity index (χ4n) is 2.36. The van der Waals surface area contributed by atoms with Crippen molar-refractivity contribution in [3.05, 3.63) is 29.8 Å². The van der Waals surface area contributed by atoms with E-state index in [0.717, 1.165) is 18.2 Å². The molecule has 0 unspecified atom stereocenters. The molecule has 2 rings (SSSR count). The summed E-state index contributed by atoms with van der Waals surface area (Å²) in [5.41, 5.74) is 1.81. The molecule has 1 fully saturated rings. The topological polar surface area (TPSA) is 41.1 Å². The lowest BCUT2D eigenvalue weighted by Gasteiger charge is -2.12. The third-order valence-electron chi connectivity index (χ3n) is 3.44. The molecule has 0 atom stereocenters. The van der Waals surface area contributed by atoms with Crippen molar-refractivity contribution in [3.63, 3.8) is 0 Å². The predicted molar refractivity (Wildman–Crippen MR) is 70.3 cm³/mol. The standard InChI is InChI=1S/C14H20N2O/c1-15-14(17)12-6-8-13(9-7-12)16-10-11-4-2-3-5-11/h6-9,11,16H,2-5,10H2,1H3,(H,15,17). The molecule has 0 spiro atoms. The largest absolute Gasteiger partial charge is 0.385 e. The zero-order chi connectivity index (χ0) is 12.1. The highest BCUT2D eigenvalue weighted by Gasteiger charge is 2.14. The predicted octanol–water partition coefficient (Wildman–Crippen LogP) is 2.65. The highest BCUT2D eigenvalue weighted by Crippen LogP contribution is 2.24. The first-order valence-electron chi connectivity index (χ1n) is 6.35. The minimum absolute atomic E-state index is 0.0349. The number of rotatable bonds is 4. The van der Waals surface area contributed by atoms with Gasteiger partial charge in [-0.3, -0.25) is 4.79 Å². The summed E-state index contributed by atoms with van der Waals surface area (Å²) in [7, 11) is 1.65. The zero-order valence-corrected chi connectivity index (χ0v) is 10.3. The van der Waals surface area contributed by atoms with Crippen molar-refractivity contribution >= 4 is 11.6 Å². The molecule has 1 aromatic carbocycles. The minimum atomic E-state index is -0.0349. The van der Waals surface area contributed by atoms with Crippen LogP contribution in [0.3, 0.4) is 0 Å². The first kappa shape index (κ1) is 12.0. The molecule has 1 aliphatic carbocycles. The van der Waals surface area contributed by atoms with E-state index in [2.05, 4.69) is 10.6 Å². The summed E-state index contributed by atoms with van der Waals surface area (Å²) >= 11 is 0. The summed E-state index contributed by atoms with van der Waals surface area (Å²) < 4.78 is 0. The van der Waals surface area contributed by atoms with Crippen LogP contribution in [0.1, 0.15) is 36.0 Å². The molecule has 17 heavy (non-hydrogen) atoms. The van der Waals surface area contributed by atoms with Crippen molar-refractivity contribution in [3.8, 4) is 0 Å². The molecule has 1 saturated carbocycles. The van der Waals surface area contributed by atoms with E-state index in [1.54, 1.807) is 7.05 Å². The van der Waals surface area contributed by atoms with Gasteiger partial charge < -0.3 is 10.6 Å². The number of anilines is 1. The maximum atomic E-state index is 11.4. The van der Waals surface area contributed by atoms with Gasteiger partial charge in [-0.15, -0.1) is 0 Å². The van der Waals surface area contributed by atoms with Gasteiger partial charge in [0.25, 0.3) is 5.91 Å². The van der Waals surface area contributed by atoms with E-state index < -0.39 is 0 Å². The van der Waals surface area contributed by atoms with E-state index in [4.69, 9.17) is 0 Å². The van der Waals surface area contributed by atoms with Gasteiger partial charge in [-0.05, 0) is 43.0 Å². The average molecular weight is 232 g/mol. The van der Waals surface area contributed by atoms with Crippen LogP contribution in [0.5, 0.6) is 0 Å². The van der Waals surface area contributed by atoms with Gasteiger partial charge in [-0.2, -0.15) is 0 Å². The molecule has 0 aromatic heterocycles. The van der Waals surface area contributed by atoms with Crippen LogP contribution in [0.2, 0.25) is 0 Å². The van der Waals surface area contributed by atoms with Crippen molar-refractivity contribution in [2.45, 2.75) is 25.7 Å². The lowest BCUT2D eigenvalue weighted by atomic mass is 10.1. The summed E-state index contributed by atoms with van der Waals surface area (Å²) in [6.07, 6.45) is 5.45. The lowest BCUT2D eigenvalue weighted by Crippen LogP contribution is -2.17. The molecular weight excluding hydrogens is 212 g/mol. The number of carbonyl (C=O) groups is 1. The Balaban J connectivity index is 1.87. The van der Waals surface area contributed by atoms with Crippen molar-refractivity contribution in [2.75, 3.05) is 18.9 Å². The Hall–Kier alpha value is -1.51. The summed E-state index contributed by atoms with van der Waals surface area (Å²) in [6.45, 7) is 1.05. The van der Waals surface area contributed by atoms with Gasteiger partial charge in [0.2, 0.25) is 0 Å². The van der Waals surface area contributed by atoms with Crippen LogP contribution in [-0.4, -0.2) is 19.5 Å². The van der Waals surface area contributed by atoms with E-state index in [1.807, 2.05) is 24.3 Å². The minimum Gasteiger partial charge on any atom is -0.385 e. The maximum absolute atomic E-state index is 11.4. The van der Waals surface area contributed by atoms with Crippen LogP contribution >= 0.6 is 0 Å². The van der Waals surface area contributed by atoms with Crippen LogP contribution in [0.25, 0.3) is 0 Å². The molecule has 92 valence electrons. The van der Waals surface area contributed by atoms with Crippen LogP contribution in [0, 0.1) is 5.92 Å². The number of nitrogens with one attached hydrogen (secondary N) is 2. The van der Waals surface area contributed by atoms with Crippen LogP contribution in [0.15, 0.2) is 24.3 Å². The Labute approximate surface area is 103 Å². The number of amides is 1. The Bertz CT molecular complexity index is 366. The molecule has 0 radical (unpaired) electrons. The lowest BCUT2D eigenvalue weighted by molar-refractivity contribution is 0.0963. The molecule has 2 N–H and O–H groups in total. The van der Waals surface area contributed by atoms with Crippen LogP contribution in [-0.2, 0) is 0 Å². The second-order valence-electron chi connectivity index (χ2n) is 4.69. The molecule has 3 heteroatoms. The first-order valence-corrected chi connectivity index (χ1v) is 6.35.